The number of rotatable bonds is 6. The van der Waals surface area contributed by atoms with Gasteiger partial charge in [0.25, 0.3) is 17.7 Å². The van der Waals surface area contributed by atoms with Gasteiger partial charge in [-0.05, 0) is 67.2 Å². The lowest BCUT2D eigenvalue weighted by Gasteiger charge is -2.27. The van der Waals surface area contributed by atoms with Crippen LogP contribution in [0.4, 0.5) is 24.5 Å². The molecule has 36 heavy (non-hydrogen) atoms. The minimum absolute atomic E-state index is 0.00734. The van der Waals surface area contributed by atoms with Gasteiger partial charge < -0.3 is 4.90 Å². The number of hydrogen-bond acceptors (Lipinski definition) is 4. The molecule has 1 aliphatic heterocycles. The first-order valence-electron chi connectivity index (χ1n) is 11.0. The number of imide groups is 1. The lowest BCUT2D eigenvalue weighted by atomic mass is 9.86. The summed E-state index contributed by atoms with van der Waals surface area (Å²) in [5, 5.41) is 0. The average molecular weight is 499 g/mol. The van der Waals surface area contributed by atoms with Gasteiger partial charge in [-0.15, -0.1) is 0 Å². The fourth-order valence-electron chi connectivity index (χ4n) is 4.73. The third-order valence-electron chi connectivity index (χ3n) is 6.04. The van der Waals surface area contributed by atoms with Gasteiger partial charge in [0, 0.05) is 31.0 Å². The summed E-state index contributed by atoms with van der Waals surface area (Å²) in [4.78, 5) is 49.4. The van der Waals surface area contributed by atoms with E-state index >= 15 is 0 Å². The Bertz CT molecular complexity index is 1260. The van der Waals surface area contributed by atoms with Gasteiger partial charge in [-0.25, -0.2) is 4.90 Å². The molecule has 0 aromatic heterocycles. The molecule has 6 nitrogen and oxygen atoms in total. The topological polar surface area (TPSA) is 74.8 Å². The number of halogens is 3. The summed E-state index contributed by atoms with van der Waals surface area (Å²) >= 11 is 0. The van der Waals surface area contributed by atoms with Crippen LogP contribution in [0, 0.1) is 27.7 Å². The first-order chi connectivity index (χ1) is 16.8. The van der Waals surface area contributed by atoms with Crippen LogP contribution in [0.5, 0.6) is 0 Å². The first-order valence-corrected chi connectivity index (χ1v) is 11.0. The molecule has 0 bridgehead atoms. The Hall–Kier alpha value is -4.01. The molecule has 9 heteroatoms. The van der Waals surface area contributed by atoms with Crippen molar-refractivity contribution in [3.8, 4) is 0 Å². The fourth-order valence-corrected chi connectivity index (χ4v) is 4.73. The molecule has 1 atom stereocenters. The molecule has 0 fully saturated rings. The summed E-state index contributed by atoms with van der Waals surface area (Å²) in [5.74, 6) is -3.56. The molecule has 1 heterocycles. The number of carbonyl (C=O) groups excluding carboxylic acids is 4. The summed E-state index contributed by atoms with van der Waals surface area (Å²) < 4.78 is 43.3. The van der Waals surface area contributed by atoms with E-state index in [2.05, 4.69) is 0 Å². The highest BCUT2D eigenvalue weighted by Gasteiger charge is 2.43. The number of alkyl halides is 3. The summed E-state index contributed by atoms with van der Waals surface area (Å²) in [7, 11) is 1.48. The second-order valence-corrected chi connectivity index (χ2v) is 8.72. The van der Waals surface area contributed by atoms with Gasteiger partial charge in [-0.1, -0.05) is 24.3 Å². The molecule has 3 amide bonds. The summed E-state index contributed by atoms with van der Waals surface area (Å²) in [5.41, 5.74) is 2.32. The lowest BCUT2D eigenvalue weighted by molar-refractivity contribution is -0.141. The number of carbonyl (C=O) groups is 4. The number of allylic oxidation sites excluding steroid dienone is 1. The predicted molar refractivity (Wildman–Crippen MR) is 130 cm³/mol. The van der Waals surface area contributed by atoms with Gasteiger partial charge in [0.2, 0.25) is 0 Å². The van der Waals surface area contributed by atoms with E-state index in [4.69, 9.17) is 0 Å². The molecule has 0 saturated carbocycles. The van der Waals surface area contributed by atoms with E-state index in [0.29, 0.717) is 34.2 Å². The minimum Gasteiger partial charge on any atom is -0.311 e. The summed E-state index contributed by atoms with van der Waals surface area (Å²) in [6, 6.07) is 5.48. The number of aldehydes is 1. The Balaban J connectivity index is 2.11. The van der Waals surface area contributed by atoms with Crippen molar-refractivity contribution in [1.29, 1.82) is 0 Å². The zero-order valence-corrected chi connectivity index (χ0v) is 20.4. The van der Waals surface area contributed by atoms with Crippen molar-refractivity contribution in [1.82, 2.24) is 0 Å². The van der Waals surface area contributed by atoms with E-state index in [1.54, 1.807) is 27.7 Å². The summed E-state index contributed by atoms with van der Waals surface area (Å²) in [6.07, 6.45) is 0.191. The Morgan fingerprint density at radius 2 is 1.33 bits per heavy atom. The van der Waals surface area contributed by atoms with Crippen LogP contribution < -0.4 is 9.80 Å². The number of benzene rings is 2. The van der Waals surface area contributed by atoms with Gasteiger partial charge in [-0.3, -0.25) is 19.2 Å². The maximum absolute atomic E-state index is 14.4. The zero-order chi connectivity index (χ0) is 26.9. The number of hydrogen-bond donors (Lipinski definition) is 0. The van der Waals surface area contributed by atoms with Crippen LogP contribution in [-0.4, -0.2) is 37.2 Å². The SMILES string of the molecule is Cc1cc(C(c2cc(C)c(N3C(=O)C=CC3=O)c(C)c2)C(F)(F)F)cc(C)c1N(C)C(=O)/C=C\C=O. The smallest absolute Gasteiger partial charge is 0.311 e. The largest absolute Gasteiger partial charge is 0.399 e. The quantitative estimate of drug-likeness (QED) is 0.327. The molecule has 1 unspecified atom stereocenters. The standard InChI is InChI=1S/C27H25F3N2O4/c1-15-11-19(12-16(2)25(15)31(5)21(34)7-6-10-33)24(27(28,29)30)20-13-17(3)26(18(4)14-20)32-22(35)8-9-23(32)36/h6-14,24H,1-5H3/b7-6-. The maximum atomic E-state index is 14.4. The third-order valence-corrected chi connectivity index (χ3v) is 6.04. The first kappa shape index (κ1) is 26.6. The molecule has 188 valence electrons. The molecule has 0 radical (unpaired) electrons. The molecule has 0 N–H and O–H groups in total. The van der Waals surface area contributed by atoms with Crippen molar-refractivity contribution in [2.75, 3.05) is 16.8 Å². The van der Waals surface area contributed by atoms with E-state index in [1.807, 2.05) is 0 Å². The molecule has 0 saturated heterocycles. The third kappa shape index (κ3) is 5.00. The highest BCUT2D eigenvalue weighted by molar-refractivity contribution is 6.28. The van der Waals surface area contributed by atoms with Crippen LogP contribution >= 0.6 is 0 Å². The zero-order valence-electron chi connectivity index (χ0n) is 20.4. The normalized spacial score (nSPS) is 14.6. The van der Waals surface area contributed by atoms with E-state index in [-0.39, 0.29) is 16.8 Å². The Morgan fingerprint density at radius 3 is 1.75 bits per heavy atom. The van der Waals surface area contributed by atoms with Crippen LogP contribution in [-0.2, 0) is 19.2 Å². The highest BCUT2D eigenvalue weighted by atomic mass is 19.4. The van der Waals surface area contributed by atoms with E-state index in [9.17, 15) is 32.3 Å². The molecule has 1 aliphatic rings. The number of amides is 3. The number of aryl methyl sites for hydroxylation is 4. The molecule has 0 aliphatic carbocycles. The molecular weight excluding hydrogens is 473 g/mol. The van der Waals surface area contributed by atoms with Crippen LogP contribution in [0.1, 0.15) is 39.3 Å². The van der Waals surface area contributed by atoms with Gasteiger partial charge in [0.15, 0.2) is 0 Å². The lowest BCUT2D eigenvalue weighted by Crippen LogP contribution is -2.31. The average Bonchev–Trinajstić information content (AvgIpc) is 3.08. The monoisotopic (exact) mass is 498 g/mol. The van der Waals surface area contributed by atoms with Gasteiger partial charge in [0.1, 0.15) is 12.2 Å². The van der Waals surface area contributed by atoms with E-state index < -0.39 is 29.8 Å². The van der Waals surface area contributed by atoms with Gasteiger partial charge in [-0.2, -0.15) is 13.2 Å². The second kappa shape index (κ2) is 9.93. The van der Waals surface area contributed by atoms with Crippen LogP contribution in [0.25, 0.3) is 0 Å². The van der Waals surface area contributed by atoms with Crippen molar-refractivity contribution < 1.29 is 32.3 Å². The van der Waals surface area contributed by atoms with Crippen LogP contribution in [0.15, 0.2) is 48.6 Å². The van der Waals surface area contributed by atoms with Crippen molar-refractivity contribution in [2.45, 2.75) is 39.8 Å². The predicted octanol–water partition coefficient (Wildman–Crippen LogP) is 4.76. The Kier molecular flexibility index (Phi) is 7.33. The second-order valence-electron chi connectivity index (χ2n) is 8.72. The van der Waals surface area contributed by atoms with Crippen LogP contribution in [0.2, 0.25) is 0 Å². The number of anilines is 2. The number of likely N-dealkylation sites (N-methyl/N-ethyl adjacent to an activating group) is 1. The van der Waals surface area contributed by atoms with Crippen molar-refractivity contribution >= 4 is 35.4 Å². The highest BCUT2D eigenvalue weighted by Crippen LogP contribution is 2.44. The maximum Gasteiger partial charge on any atom is 0.399 e. The van der Waals surface area contributed by atoms with E-state index in [1.165, 1.54) is 36.2 Å². The Morgan fingerprint density at radius 1 is 0.889 bits per heavy atom. The minimum atomic E-state index is -4.64. The van der Waals surface area contributed by atoms with Crippen molar-refractivity contribution in [3.05, 3.63) is 82.0 Å². The molecule has 0 spiro atoms. The molecule has 2 aromatic carbocycles. The van der Waals surface area contributed by atoms with Crippen LogP contribution in [0.3, 0.4) is 0 Å². The molecule has 2 aromatic rings. The van der Waals surface area contributed by atoms with Crippen molar-refractivity contribution in [3.63, 3.8) is 0 Å². The molecular formula is C27H25F3N2O4. The van der Waals surface area contributed by atoms with E-state index in [0.717, 1.165) is 29.2 Å². The van der Waals surface area contributed by atoms with Crippen molar-refractivity contribution in [2.24, 2.45) is 0 Å². The number of nitrogens with zero attached hydrogens (tertiary/aromatic N) is 2. The molecule has 3 rings (SSSR count). The fraction of sp³-hybridized carbons (Fsp3) is 0.259. The van der Waals surface area contributed by atoms with Gasteiger partial charge in [0.05, 0.1) is 5.69 Å². The van der Waals surface area contributed by atoms with Gasteiger partial charge >= 0.3 is 6.18 Å². The Labute approximate surface area is 206 Å². The summed E-state index contributed by atoms with van der Waals surface area (Å²) in [6.45, 7) is 6.35.